The summed E-state index contributed by atoms with van der Waals surface area (Å²) in [6.45, 7) is 10.2. The lowest BCUT2D eigenvalue weighted by molar-refractivity contribution is 0.224. The number of likely N-dealkylation sites (tertiary alicyclic amines) is 1. The van der Waals surface area contributed by atoms with E-state index in [0.29, 0.717) is 11.5 Å². The molecule has 1 aliphatic carbocycles. The van der Waals surface area contributed by atoms with Gasteiger partial charge < -0.3 is 4.90 Å². The van der Waals surface area contributed by atoms with Crippen LogP contribution in [0.4, 0.5) is 0 Å². The van der Waals surface area contributed by atoms with Crippen LogP contribution in [-0.2, 0) is 0 Å². The van der Waals surface area contributed by atoms with E-state index in [2.05, 4.69) is 37.1 Å². The summed E-state index contributed by atoms with van der Waals surface area (Å²) < 4.78 is 0. The van der Waals surface area contributed by atoms with Crippen molar-refractivity contribution in [3.05, 3.63) is 0 Å². The summed E-state index contributed by atoms with van der Waals surface area (Å²) in [5, 5.41) is 12.6. The van der Waals surface area contributed by atoms with Crippen LogP contribution in [0.1, 0.15) is 40.0 Å². The topological polar surface area (TPSA) is 39.1 Å². The second-order valence-corrected chi connectivity index (χ2v) is 6.73. The standard InChI is InChI=1S/C14H25N3/c1-14(2,3)11-6-7-17(9-11)10-13(8-15)16-12-4-5-12/h11-13,16H,4-7,9-10H2,1-3H3. The number of nitrogens with zero attached hydrogens (tertiary/aromatic N) is 2. The second-order valence-electron chi connectivity index (χ2n) is 6.73. The first kappa shape index (κ1) is 12.9. The molecule has 3 nitrogen and oxygen atoms in total. The smallest absolute Gasteiger partial charge is 0.108 e. The van der Waals surface area contributed by atoms with E-state index in [0.717, 1.165) is 25.6 Å². The molecule has 1 aliphatic heterocycles. The van der Waals surface area contributed by atoms with E-state index in [1.165, 1.54) is 19.3 Å². The Kier molecular flexibility index (Phi) is 3.75. The highest BCUT2D eigenvalue weighted by Crippen LogP contribution is 2.33. The van der Waals surface area contributed by atoms with Crippen molar-refractivity contribution in [2.45, 2.75) is 52.1 Å². The lowest BCUT2D eigenvalue weighted by Crippen LogP contribution is -2.40. The molecule has 2 unspecified atom stereocenters. The fourth-order valence-electron chi connectivity index (χ4n) is 2.63. The average Bonchev–Trinajstić information content (AvgIpc) is 2.91. The van der Waals surface area contributed by atoms with Crippen LogP contribution in [0.25, 0.3) is 0 Å². The van der Waals surface area contributed by atoms with E-state index in [1.807, 2.05) is 0 Å². The van der Waals surface area contributed by atoms with Gasteiger partial charge in [0.25, 0.3) is 0 Å². The predicted molar refractivity (Wildman–Crippen MR) is 69.6 cm³/mol. The molecule has 3 heteroatoms. The van der Waals surface area contributed by atoms with E-state index >= 15 is 0 Å². The summed E-state index contributed by atoms with van der Waals surface area (Å²) in [5.74, 6) is 0.780. The molecule has 0 spiro atoms. The van der Waals surface area contributed by atoms with Crippen molar-refractivity contribution in [2.24, 2.45) is 11.3 Å². The molecule has 0 radical (unpaired) electrons. The molecule has 96 valence electrons. The molecule has 0 aromatic heterocycles. The fraction of sp³-hybridized carbons (Fsp3) is 0.929. The normalized spacial score (nSPS) is 28.0. The third-order valence-corrected chi connectivity index (χ3v) is 4.11. The molecule has 0 bridgehead atoms. The molecule has 1 N–H and O–H groups in total. The Morgan fingerprint density at radius 2 is 2.06 bits per heavy atom. The van der Waals surface area contributed by atoms with Gasteiger partial charge in [0.15, 0.2) is 0 Å². The Morgan fingerprint density at radius 1 is 1.35 bits per heavy atom. The number of hydrogen-bond acceptors (Lipinski definition) is 3. The maximum atomic E-state index is 9.15. The van der Waals surface area contributed by atoms with Crippen molar-refractivity contribution in [2.75, 3.05) is 19.6 Å². The van der Waals surface area contributed by atoms with Crippen molar-refractivity contribution in [1.29, 1.82) is 5.26 Å². The van der Waals surface area contributed by atoms with Crippen LogP contribution < -0.4 is 5.32 Å². The van der Waals surface area contributed by atoms with E-state index in [9.17, 15) is 0 Å². The van der Waals surface area contributed by atoms with Gasteiger partial charge in [0.2, 0.25) is 0 Å². The largest absolute Gasteiger partial charge is 0.300 e. The van der Waals surface area contributed by atoms with Crippen molar-refractivity contribution in [3.63, 3.8) is 0 Å². The Labute approximate surface area is 105 Å². The van der Waals surface area contributed by atoms with Gasteiger partial charge in [-0.3, -0.25) is 5.32 Å². The summed E-state index contributed by atoms with van der Waals surface area (Å²) in [6.07, 6.45) is 3.79. The molecule has 2 fully saturated rings. The monoisotopic (exact) mass is 235 g/mol. The van der Waals surface area contributed by atoms with Crippen molar-refractivity contribution >= 4 is 0 Å². The first-order valence-corrected chi connectivity index (χ1v) is 6.87. The minimum atomic E-state index is 0.0289. The van der Waals surface area contributed by atoms with Gasteiger partial charge in [0.1, 0.15) is 6.04 Å². The molecule has 17 heavy (non-hydrogen) atoms. The summed E-state index contributed by atoms with van der Waals surface area (Å²) in [7, 11) is 0. The van der Waals surface area contributed by atoms with Gasteiger partial charge in [0, 0.05) is 19.1 Å². The lowest BCUT2D eigenvalue weighted by Gasteiger charge is -2.27. The Morgan fingerprint density at radius 3 is 2.53 bits per heavy atom. The van der Waals surface area contributed by atoms with E-state index in [1.54, 1.807) is 0 Å². The first-order chi connectivity index (χ1) is 7.99. The van der Waals surface area contributed by atoms with Gasteiger partial charge in [-0.25, -0.2) is 0 Å². The van der Waals surface area contributed by atoms with Gasteiger partial charge in [-0.1, -0.05) is 20.8 Å². The van der Waals surface area contributed by atoms with E-state index < -0.39 is 0 Å². The van der Waals surface area contributed by atoms with Gasteiger partial charge in [0.05, 0.1) is 6.07 Å². The highest BCUT2D eigenvalue weighted by atomic mass is 15.2. The Balaban J connectivity index is 1.78. The van der Waals surface area contributed by atoms with Crippen LogP contribution in [0.3, 0.4) is 0 Å². The maximum absolute atomic E-state index is 9.15. The summed E-state index contributed by atoms with van der Waals surface area (Å²) in [5.41, 5.74) is 0.404. The lowest BCUT2D eigenvalue weighted by atomic mass is 9.80. The number of nitrogens with one attached hydrogen (secondary N) is 1. The molecule has 1 saturated heterocycles. The van der Waals surface area contributed by atoms with E-state index in [-0.39, 0.29) is 6.04 Å². The van der Waals surface area contributed by atoms with Gasteiger partial charge >= 0.3 is 0 Å². The highest BCUT2D eigenvalue weighted by molar-refractivity contribution is 4.98. The van der Waals surface area contributed by atoms with Crippen LogP contribution in [0.2, 0.25) is 0 Å². The molecule has 1 saturated carbocycles. The first-order valence-electron chi connectivity index (χ1n) is 6.87. The maximum Gasteiger partial charge on any atom is 0.108 e. The molecule has 1 heterocycles. The van der Waals surface area contributed by atoms with Gasteiger partial charge in [-0.2, -0.15) is 5.26 Å². The van der Waals surface area contributed by atoms with Crippen LogP contribution in [0, 0.1) is 22.7 Å². The van der Waals surface area contributed by atoms with Gasteiger partial charge in [-0.05, 0) is 37.1 Å². The van der Waals surface area contributed by atoms with E-state index in [4.69, 9.17) is 5.26 Å². The summed E-state index contributed by atoms with van der Waals surface area (Å²) >= 11 is 0. The second kappa shape index (κ2) is 4.96. The van der Waals surface area contributed by atoms with Crippen LogP contribution in [0.5, 0.6) is 0 Å². The Hall–Kier alpha value is -0.590. The molecule has 2 aliphatic rings. The molecule has 0 aromatic carbocycles. The van der Waals surface area contributed by atoms with Crippen LogP contribution in [-0.4, -0.2) is 36.6 Å². The average molecular weight is 235 g/mol. The van der Waals surface area contributed by atoms with Crippen LogP contribution in [0.15, 0.2) is 0 Å². The SMILES string of the molecule is CC(C)(C)C1CCN(CC(C#N)NC2CC2)C1. The minimum Gasteiger partial charge on any atom is -0.300 e. The molecule has 0 amide bonds. The van der Waals surface area contributed by atoms with Gasteiger partial charge in [-0.15, -0.1) is 0 Å². The zero-order chi connectivity index (χ0) is 12.5. The molecule has 2 rings (SSSR count). The quantitative estimate of drug-likeness (QED) is 0.810. The highest BCUT2D eigenvalue weighted by Gasteiger charge is 2.33. The summed E-state index contributed by atoms with van der Waals surface area (Å²) in [6, 6.07) is 3.06. The number of nitriles is 1. The third-order valence-electron chi connectivity index (χ3n) is 4.11. The van der Waals surface area contributed by atoms with Crippen LogP contribution >= 0.6 is 0 Å². The molecule has 2 atom stereocenters. The zero-order valence-electron chi connectivity index (χ0n) is 11.4. The van der Waals surface area contributed by atoms with Crippen molar-refractivity contribution in [3.8, 4) is 6.07 Å². The zero-order valence-corrected chi connectivity index (χ0v) is 11.4. The molecular weight excluding hydrogens is 210 g/mol. The van der Waals surface area contributed by atoms with Crippen molar-refractivity contribution in [1.82, 2.24) is 10.2 Å². The number of rotatable bonds is 4. The Bertz CT molecular complexity index is 296. The minimum absolute atomic E-state index is 0.0289. The third kappa shape index (κ3) is 3.69. The molecule has 0 aromatic rings. The summed E-state index contributed by atoms with van der Waals surface area (Å²) in [4.78, 5) is 2.46. The number of hydrogen-bond donors (Lipinski definition) is 1. The molecular formula is C14H25N3. The van der Waals surface area contributed by atoms with Crippen molar-refractivity contribution < 1.29 is 0 Å². The fourth-order valence-corrected chi connectivity index (χ4v) is 2.63. The predicted octanol–water partition coefficient (Wildman–Crippen LogP) is 2.00.